The van der Waals surface area contributed by atoms with Crippen LogP contribution >= 0.6 is 0 Å². The predicted molar refractivity (Wildman–Crippen MR) is 35.3 cm³/mol. The Balaban J connectivity index is 3.39. The van der Waals surface area contributed by atoms with Gasteiger partial charge < -0.3 is 0 Å². The van der Waals surface area contributed by atoms with E-state index >= 15 is 0 Å². The van der Waals surface area contributed by atoms with E-state index in [9.17, 15) is 0 Å². The summed E-state index contributed by atoms with van der Waals surface area (Å²) in [6.45, 7) is 6.74. The fraction of sp³-hybridized carbons (Fsp3) is 0.200. The summed E-state index contributed by atoms with van der Waals surface area (Å²) in [5.41, 5.74) is 0. The molecule has 0 spiro atoms. The molecule has 0 saturated carbocycles. The van der Waals surface area contributed by atoms with Gasteiger partial charge in [0, 0.05) is 0 Å². The van der Waals surface area contributed by atoms with E-state index < -0.39 is 24.1 Å². The minimum atomic E-state index is -2.69. The first-order valence-electron chi connectivity index (χ1n) is 2.40. The summed E-state index contributed by atoms with van der Waals surface area (Å²) in [6, 6.07) is 0. The van der Waals surface area contributed by atoms with Crippen LogP contribution in [0.25, 0.3) is 0 Å². The van der Waals surface area contributed by atoms with Crippen LogP contribution in [-0.2, 0) is 8.06 Å². The van der Waals surface area contributed by atoms with Gasteiger partial charge in [-0.15, -0.1) is 0 Å². The second-order valence-corrected chi connectivity index (χ2v) is 7.32. The molecule has 0 amide bonds. The van der Waals surface area contributed by atoms with Gasteiger partial charge in [-0.3, -0.25) is 0 Å². The van der Waals surface area contributed by atoms with Gasteiger partial charge in [0.2, 0.25) is 0 Å². The molecule has 0 saturated heterocycles. The standard InChI is InChI=1S/2C2H4O.CH3O.Tl/c2*1-2-3;1-2;/h2*2-3H,1H2;1H3;/q;;-1;+3/p-2. The van der Waals surface area contributed by atoms with Crippen LogP contribution in [0, 0.1) is 0 Å². The Kier molecular flexibility index (Phi) is 6.06. The van der Waals surface area contributed by atoms with Crippen molar-refractivity contribution in [3.63, 3.8) is 0 Å². The van der Waals surface area contributed by atoms with Crippen LogP contribution in [0.3, 0.4) is 0 Å². The van der Waals surface area contributed by atoms with Crippen LogP contribution in [0.4, 0.5) is 0 Å². The summed E-state index contributed by atoms with van der Waals surface area (Å²) in [4.78, 5) is 0. The molecule has 0 radical (unpaired) electrons. The number of hydrogen-bond acceptors (Lipinski definition) is 3. The predicted octanol–water partition coefficient (Wildman–Crippen LogP) is 0.938. The summed E-state index contributed by atoms with van der Waals surface area (Å²) in [7, 11) is 1.55. The van der Waals surface area contributed by atoms with Crippen molar-refractivity contribution in [2.24, 2.45) is 0 Å². The Morgan fingerprint density at radius 3 is 1.89 bits per heavy atom. The Morgan fingerprint density at radius 1 is 1.22 bits per heavy atom. The summed E-state index contributed by atoms with van der Waals surface area (Å²) in [6.07, 6.45) is 2.67. The topological polar surface area (TPSA) is 27.7 Å². The Labute approximate surface area is 65.0 Å². The molecular weight excluding hydrogens is 312 g/mol. The van der Waals surface area contributed by atoms with E-state index in [4.69, 9.17) is 8.06 Å². The molecule has 0 unspecified atom stereocenters. The van der Waals surface area contributed by atoms with E-state index in [1.165, 1.54) is 12.5 Å². The van der Waals surface area contributed by atoms with Crippen LogP contribution < -0.4 is 0 Å². The summed E-state index contributed by atoms with van der Waals surface area (Å²) in [5, 5.41) is 0. The summed E-state index contributed by atoms with van der Waals surface area (Å²) < 4.78 is 14.7. The molecule has 0 aliphatic rings. The van der Waals surface area contributed by atoms with E-state index in [1.54, 1.807) is 7.11 Å². The molecular formula is C5H9O3Tl. The van der Waals surface area contributed by atoms with E-state index in [0.717, 1.165) is 0 Å². The van der Waals surface area contributed by atoms with Gasteiger partial charge in [0.1, 0.15) is 0 Å². The van der Waals surface area contributed by atoms with E-state index in [-0.39, 0.29) is 0 Å². The van der Waals surface area contributed by atoms with Crippen molar-refractivity contribution in [1.29, 1.82) is 0 Å². The quantitative estimate of drug-likeness (QED) is 0.557. The molecule has 0 rings (SSSR count). The average molecular weight is 322 g/mol. The molecule has 0 bridgehead atoms. The molecule has 0 N–H and O–H groups in total. The van der Waals surface area contributed by atoms with Crippen molar-refractivity contribution in [2.45, 2.75) is 0 Å². The molecule has 0 aromatic heterocycles. The van der Waals surface area contributed by atoms with Crippen molar-refractivity contribution < 1.29 is 8.06 Å². The molecule has 50 valence electrons. The third kappa shape index (κ3) is 4.46. The molecule has 0 aliphatic heterocycles. The van der Waals surface area contributed by atoms with Gasteiger partial charge in [-0.05, 0) is 0 Å². The fourth-order valence-electron chi connectivity index (χ4n) is 0.300. The van der Waals surface area contributed by atoms with Crippen molar-refractivity contribution in [3.8, 4) is 0 Å². The monoisotopic (exact) mass is 322 g/mol. The van der Waals surface area contributed by atoms with Crippen molar-refractivity contribution in [3.05, 3.63) is 25.7 Å². The normalized spacial score (nSPS) is 7.67. The first kappa shape index (κ1) is 8.96. The second kappa shape index (κ2) is 6.09. The Hall–Kier alpha value is -0.0379. The molecule has 0 heterocycles. The van der Waals surface area contributed by atoms with Gasteiger partial charge in [-0.1, -0.05) is 0 Å². The third-order valence-corrected chi connectivity index (χ3v) is 5.33. The van der Waals surface area contributed by atoms with Gasteiger partial charge in [0.05, 0.1) is 0 Å². The van der Waals surface area contributed by atoms with E-state index in [0.29, 0.717) is 0 Å². The first-order valence-corrected chi connectivity index (χ1v) is 7.90. The molecule has 4 heteroatoms. The zero-order valence-corrected chi connectivity index (χ0v) is 9.86. The zero-order chi connectivity index (χ0) is 7.11. The van der Waals surface area contributed by atoms with Crippen molar-refractivity contribution >= 4 is 24.1 Å². The van der Waals surface area contributed by atoms with Crippen LogP contribution in [0.1, 0.15) is 0 Å². The zero-order valence-electron chi connectivity index (χ0n) is 5.37. The van der Waals surface area contributed by atoms with Gasteiger partial charge in [0.25, 0.3) is 0 Å². The SMILES string of the molecule is C=C[O][Tl]([O]C)[O]C=C. The molecule has 0 aromatic rings. The van der Waals surface area contributed by atoms with Crippen LogP contribution in [0.2, 0.25) is 0 Å². The van der Waals surface area contributed by atoms with Crippen molar-refractivity contribution in [2.75, 3.05) is 7.11 Å². The fourth-order valence-corrected chi connectivity index (χ4v) is 2.64. The minimum absolute atomic E-state index is 1.33. The summed E-state index contributed by atoms with van der Waals surface area (Å²) in [5.74, 6) is 0. The molecule has 0 atom stereocenters. The van der Waals surface area contributed by atoms with E-state index in [1.807, 2.05) is 0 Å². The van der Waals surface area contributed by atoms with Gasteiger partial charge in [-0.25, -0.2) is 0 Å². The van der Waals surface area contributed by atoms with Crippen molar-refractivity contribution in [1.82, 2.24) is 0 Å². The van der Waals surface area contributed by atoms with Gasteiger partial charge in [-0.2, -0.15) is 0 Å². The molecule has 0 aliphatic carbocycles. The van der Waals surface area contributed by atoms with Gasteiger partial charge >= 0.3 is 64.9 Å². The Bertz CT molecular complexity index is 84.2. The van der Waals surface area contributed by atoms with Crippen LogP contribution in [0.5, 0.6) is 0 Å². The summed E-state index contributed by atoms with van der Waals surface area (Å²) >= 11 is -2.69. The maximum atomic E-state index is 4.90. The second-order valence-electron chi connectivity index (χ2n) is 1.13. The molecule has 9 heavy (non-hydrogen) atoms. The molecule has 0 fully saturated rings. The molecule has 0 aromatic carbocycles. The van der Waals surface area contributed by atoms with Gasteiger partial charge in [0.15, 0.2) is 0 Å². The molecule has 3 nitrogen and oxygen atoms in total. The van der Waals surface area contributed by atoms with E-state index in [2.05, 4.69) is 13.2 Å². The third-order valence-electron chi connectivity index (χ3n) is 0.607. The average Bonchev–Trinajstić information content (AvgIpc) is 1.88. The first-order chi connectivity index (χ1) is 4.35. The number of rotatable bonds is 5. The number of hydrogen-bond donors (Lipinski definition) is 0. The maximum absolute atomic E-state index is 4.90. The van der Waals surface area contributed by atoms with Crippen LogP contribution in [-0.4, -0.2) is 31.2 Å². The Morgan fingerprint density at radius 2 is 1.67 bits per heavy atom. The van der Waals surface area contributed by atoms with Crippen LogP contribution in [0.15, 0.2) is 25.7 Å².